The number of hydrogen-bond donors (Lipinski definition) is 1. The molecule has 0 saturated heterocycles. The molecule has 21 heavy (non-hydrogen) atoms. The predicted octanol–water partition coefficient (Wildman–Crippen LogP) is 5.09. The van der Waals surface area contributed by atoms with Gasteiger partial charge in [0, 0.05) is 27.1 Å². The Morgan fingerprint density at radius 3 is 2.62 bits per heavy atom. The first kappa shape index (κ1) is 14.2. The first-order valence-electron chi connectivity index (χ1n) is 5.93. The van der Waals surface area contributed by atoms with Crippen LogP contribution in [0.1, 0.15) is 15.9 Å². The molecular weight excluding hydrogens is 364 g/mol. The number of hydrogen-bond acceptors (Lipinski definition) is 1. The van der Waals surface area contributed by atoms with Crippen molar-refractivity contribution in [2.24, 2.45) is 0 Å². The summed E-state index contributed by atoms with van der Waals surface area (Å²) in [4.78, 5) is 15.4. The van der Waals surface area contributed by atoms with E-state index in [1.165, 1.54) is 6.20 Å². The van der Waals surface area contributed by atoms with Crippen LogP contribution in [0.15, 0.2) is 41.0 Å². The molecule has 0 spiro atoms. The average Bonchev–Trinajstić information content (AvgIpc) is 2.85. The number of fused-ring (bicyclic) bond motifs is 1. The van der Waals surface area contributed by atoms with Gasteiger partial charge in [-0.25, -0.2) is 8.78 Å². The summed E-state index contributed by atoms with van der Waals surface area (Å²) < 4.78 is 28.1. The van der Waals surface area contributed by atoms with E-state index >= 15 is 0 Å². The summed E-state index contributed by atoms with van der Waals surface area (Å²) in [5.41, 5.74) is 0.654. The minimum absolute atomic E-state index is 0.270. The molecule has 3 aromatic rings. The summed E-state index contributed by atoms with van der Waals surface area (Å²) in [7, 11) is 0. The SMILES string of the molecule is O=C(c1cc(F)c(Cl)cc1F)c1c[nH]c2ccc(Br)cc12. The number of nitrogens with one attached hydrogen (secondary N) is 1. The van der Waals surface area contributed by atoms with Gasteiger partial charge in [-0.15, -0.1) is 0 Å². The molecule has 106 valence electrons. The van der Waals surface area contributed by atoms with E-state index in [9.17, 15) is 13.6 Å². The quantitative estimate of drug-likeness (QED) is 0.494. The van der Waals surface area contributed by atoms with Crippen molar-refractivity contribution >= 4 is 44.2 Å². The van der Waals surface area contributed by atoms with Crippen LogP contribution in [0.25, 0.3) is 10.9 Å². The molecule has 0 fully saturated rings. The highest BCUT2D eigenvalue weighted by Gasteiger charge is 2.20. The molecule has 0 aliphatic rings. The third kappa shape index (κ3) is 2.47. The van der Waals surface area contributed by atoms with Crippen molar-refractivity contribution < 1.29 is 13.6 Å². The zero-order valence-electron chi connectivity index (χ0n) is 10.4. The van der Waals surface area contributed by atoms with Crippen LogP contribution in [0, 0.1) is 11.6 Å². The van der Waals surface area contributed by atoms with E-state index in [0.29, 0.717) is 5.39 Å². The molecular formula is C15H7BrClF2NO. The molecule has 0 amide bonds. The van der Waals surface area contributed by atoms with Crippen LogP contribution in [0.5, 0.6) is 0 Å². The number of halogens is 4. The van der Waals surface area contributed by atoms with Gasteiger partial charge in [-0.1, -0.05) is 27.5 Å². The van der Waals surface area contributed by atoms with Crippen LogP contribution in [0.2, 0.25) is 5.02 Å². The van der Waals surface area contributed by atoms with Gasteiger partial charge in [-0.3, -0.25) is 4.79 Å². The zero-order chi connectivity index (χ0) is 15.1. The lowest BCUT2D eigenvalue weighted by Crippen LogP contribution is -2.04. The Bertz CT molecular complexity index is 875. The zero-order valence-corrected chi connectivity index (χ0v) is 12.7. The van der Waals surface area contributed by atoms with Gasteiger partial charge in [0.05, 0.1) is 10.6 Å². The van der Waals surface area contributed by atoms with Gasteiger partial charge in [0.25, 0.3) is 0 Å². The summed E-state index contributed by atoms with van der Waals surface area (Å²) in [5, 5.41) is 0.273. The minimum Gasteiger partial charge on any atom is -0.360 e. The molecule has 1 aromatic heterocycles. The maximum atomic E-state index is 13.9. The molecule has 0 unspecified atom stereocenters. The Morgan fingerprint density at radius 2 is 1.86 bits per heavy atom. The van der Waals surface area contributed by atoms with Crippen molar-refractivity contribution in [1.82, 2.24) is 4.98 Å². The third-order valence-electron chi connectivity index (χ3n) is 3.14. The van der Waals surface area contributed by atoms with E-state index in [2.05, 4.69) is 20.9 Å². The van der Waals surface area contributed by atoms with Gasteiger partial charge in [0.15, 0.2) is 5.78 Å². The van der Waals surface area contributed by atoms with Crippen LogP contribution in [0.4, 0.5) is 8.78 Å². The molecule has 1 N–H and O–H groups in total. The lowest BCUT2D eigenvalue weighted by atomic mass is 10.0. The number of aromatic amines is 1. The van der Waals surface area contributed by atoms with Gasteiger partial charge in [-0.05, 0) is 30.3 Å². The molecule has 0 bridgehead atoms. The molecule has 0 radical (unpaired) electrons. The fourth-order valence-corrected chi connectivity index (χ4v) is 2.63. The van der Waals surface area contributed by atoms with E-state index in [4.69, 9.17) is 11.6 Å². The molecule has 0 aliphatic heterocycles. The standard InChI is InChI=1S/C15H7BrClF2NO/c16-7-1-2-14-8(3-7)10(6-20-14)15(21)9-4-13(19)11(17)5-12(9)18/h1-6,20H. The minimum atomic E-state index is -0.851. The third-order valence-corrected chi connectivity index (χ3v) is 3.93. The van der Waals surface area contributed by atoms with Crippen molar-refractivity contribution in [3.8, 4) is 0 Å². The fraction of sp³-hybridized carbons (Fsp3) is 0. The van der Waals surface area contributed by atoms with Crippen LogP contribution in [-0.4, -0.2) is 10.8 Å². The van der Waals surface area contributed by atoms with Gasteiger partial charge in [-0.2, -0.15) is 0 Å². The van der Waals surface area contributed by atoms with Gasteiger partial charge >= 0.3 is 0 Å². The molecule has 0 atom stereocenters. The lowest BCUT2D eigenvalue weighted by Gasteiger charge is -2.04. The number of benzene rings is 2. The van der Waals surface area contributed by atoms with E-state index in [0.717, 1.165) is 22.1 Å². The number of aromatic nitrogens is 1. The van der Waals surface area contributed by atoms with E-state index in [-0.39, 0.29) is 16.1 Å². The monoisotopic (exact) mass is 369 g/mol. The number of H-pyrrole nitrogens is 1. The smallest absolute Gasteiger partial charge is 0.198 e. The van der Waals surface area contributed by atoms with Crippen LogP contribution in [0.3, 0.4) is 0 Å². The highest BCUT2D eigenvalue weighted by Crippen LogP contribution is 2.27. The van der Waals surface area contributed by atoms with E-state index < -0.39 is 17.4 Å². The second-order valence-electron chi connectivity index (χ2n) is 4.47. The highest BCUT2D eigenvalue weighted by molar-refractivity contribution is 9.10. The Morgan fingerprint density at radius 1 is 1.10 bits per heavy atom. The molecule has 3 rings (SSSR count). The largest absolute Gasteiger partial charge is 0.360 e. The van der Waals surface area contributed by atoms with Crippen molar-refractivity contribution in [2.45, 2.75) is 0 Å². The average molecular weight is 371 g/mol. The Kier molecular flexibility index (Phi) is 3.55. The first-order chi connectivity index (χ1) is 9.97. The Balaban J connectivity index is 2.17. The van der Waals surface area contributed by atoms with Crippen LogP contribution >= 0.6 is 27.5 Å². The maximum Gasteiger partial charge on any atom is 0.198 e. The van der Waals surface area contributed by atoms with Crippen molar-refractivity contribution in [3.63, 3.8) is 0 Å². The summed E-state index contributed by atoms with van der Waals surface area (Å²) in [5.74, 6) is -2.29. The second-order valence-corrected chi connectivity index (χ2v) is 5.79. The van der Waals surface area contributed by atoms with Crippen molar-refractivity contribution in [2.75, 3.05) is 0 Å². The maximum absolute atomic E-state index is 13.9. The highest BCUT2D eigenvalue weighted by atomic mass is 79.9. The normalized spacial score (nSPS) is 11.0. The summed E-state index contributed by atoms with van der Waals surface area (Å²) in [6.07, 6.45) is 1.48. The van der Waals surface area contributed by atoms with Gasteiger partial charge < -0.3 is 4.98 Å². The number of carbonyl (C=O) groups excluding carboxylic acids is 1. The van der Waals surface area contributed by atoms with Gasteiger partial charge in [0.2, 0.25) is 0 Å². The van der Waals surface area contributed by atoms with Crippen molar-refractivity contribution in [1.29, 1.82) is 0 Å². The summed E-state index contributed by atoms with van der Waals surface area (Å²) >= 11 is 8.81. The van der Waals surface area contributed by atoms with Crippen LogP contribution < -0.4 is 0 Å². The Labute approximate surface area is 131 Å². The van der Waals surface area contributed by atoms with E-state index in [1.54, 1.807) is 12.1 Å². The molecule has 0 aliphatic carbocycles. The predicted molar refractivity (Wildman–Crippen MR) is 80.8 cm³/mol. The van der Waals surface area contributed by atoms with Crippen LogP contribution in [-0.2, 0) is 0 Å². The summed E-state index contributed by atoms with van der Waals surface area (Å²) in [6.45, 7) is 0. The Hall–Kier alpha value is -1.72. The second kappa shape index (κ2) is 5.24. The number of carbonyl (C=O) groups is 1. The molecule has 0 saturated carbocycles. The molecule has 6 heteroatoms. The molecule has 2 nitrogen and oxygen atoms in total. The molecule has 2 aromatic carbocycles. The number of ketones is 1. The summed E-state index contributed by atoms with van der Waals surface area (Å²) in [6, 6.07) is 6.96. The topological polar surface area (TPSA) is 32.9 Å². The lowest BCUT2D eigenvalue weighted by molar-refractivity contribution is 0.103. The van der Waals surface area contributed by atoms with E-state index in [1.807, 2.05) is 6.07 Å². The first-order valence-corrected chi connectivity index (χ1v) is 7.10. The van der Waals surface area contributed by atoms with Gasteiger partial charge in [0.1, 0.15) is 11.6 Å². The molecule has 1 heterocycles. The number of rotatable bonds is 2. The van der Waals surface area contributed by atoms with Crippen molar-refractivity contribution in [3.05, 3.63) is 68.8 Å². The fourth-order valence-electron chi connectivity index (χ4n) is 2.12.